The third-order valence-corrected chi connectivity index (χ3v) is 6.02. The number of carboxylic acid groups (broad SMARTS) is 2. The lowest BCUT2D eigenvalue weighted by Crippen LogP contribution is -2.35. The number of esters is 2. The second kappa shape index (κ2) is 36.0. The summed E-state index contributed by atoms with van der Waals surface area (Å²) < 4.78 is 10.0. The van der Waals surface area contributed by atoms with Crippen molar-refractivity contribution >= 4 is 71.2 Å². The smallest absolute Gasteiger partial charge is 0.338 e. The number of aliphatic carboxylic acids is 1. The summed E-state index contributed by atoms with van der Waals surface area (Å²) in [6.45, 7) is 3.34. The average molecular weight is 826 g/mol. The number of nitrogens with zero attached hydrogens (tertiary/aromatic N) is 8. The maximum absolute atomic E-state index is 11.0. The van der Waals surface area contributed by atoms with Crippen molar-refractivity contribution in [2.45, 2.75) is 37.1 Å². The summed E-state index contributed by atoms with van der Waals surface area (Å²) in [5.41, 5.74) is 0.109. The molecule has 298 valence electrons. The molecule has 3 atom stereocenters. The number of carbonyl (C=O) groups excluding carboxylic acids is 2. The maximum Gasteiger partial charge on any atom is 0.338 e. The quantitative estimate of drug-likeness (QED) is 0.323. The summed E-state index contributed by atoms with van der Waals surface area (Å²) in [7, 11) is 4.68. The predicted octanol–water partition coefficient (Wildman–Crippen LogP) is 3.49. The van der Waals surface area contributed by atoms with Gasteiger partial charge in [-0.25, -0.2) is 24.7 Å². The number of carbonyl (C=O) groups is 4. The normalized spacial score (nSPS) is 16.5. The minimum Gasteiger partial charge on any atom is -0.481 e. The summed E-state index contributed by atoms with van der Waals surface area (Å²) in [5, 5.41) is 22.3. The van der Waals surface area contributed by atoms with Crippen LogP contribution >= 0.6 is 28.3 Å². The molecular formula is C32H58BrClN10O8. The Morgan fingerprint density at radius 3 is 1.46 bits per heavy atom. The van der Waals surface area contributed by atoms with E-state index in [0.717, 1.165) is 4.47 Å². The summed E-state index contributed by atoms with van der Waals surface area (Å²) in [4.78, 5) is 70.2. The molecule has 0 aromatic carbocycles. The van der Waals surface area contributed by atoms with Crippen LogP contribution in [0.4, 0.5) is 0 Å². The zero-order chi connectivity index (χ0) is 34.2. The van der Waals surface area contributed by atoms with Gasteiger partial charge in [-0.15, -0.1) is 12.4 Å². The zero-order valence-corrected chi connectivity index (χ0v) is 28.3. The number of hydrogen-bond donors (Lipinski definition) is 4. The van der Waals surface area contributed by atoms with Crippen LogP contribution in [0.15, 0.2) is 56.9 Å². The van der Waals surface area contributed by atoms with E-state index in [9.17, 15) is 19.2 Å². The molecule has 3 aliphatic heterocycles. The first-order valence-corrected chi connectivity index (χ1v) is 14.3. The molecule has 0 fully saturated rings. The van der Waals surface area contributed by atoms with Crippen molar-refractivity contribution in [2.24, 2.45) is 32.7 Å². The van der Waals surface area contributed by atoms with Crippen molar-refractivity contribution in [2.75, 3.05) is 60.5 Å². The zero-order valence-electron chi connectivity index (χ0n) is 25.9. The van der Waals surface area contributed by atoms with Crippen molar-refractivity contribution in [3.05, 3.63) is 47.5 Å². The number of methoxy groups -OCH3 is 2. The number of rotatable bonds is 4. The molecule has 4 N–H and O–H groups in total. The van der Waals surface area contributed by atoms with Crippen LogP contribution in [0.3, 0.4) is 0 Å². The topological polar surface area (TPSA) is 243 Å². The highest BCUT2D eigenvalue weighted by molar-refractivity contribution is 9.10. The number of nitrogens with one attached hydrogen (secondary N) is 2. The third-order valence-electron chi connectivity index (χ3n) is 5.61. The first-order valence-electron chi connectivity index (χ1n) is 13.5. The number of aromatic nitrogens is 4. The fourth-order valence-corrected chi connectivity index (χ4v) is 3.51. The Labute approximate surface area is 322 Å². The number of ether oxygens (including phenoxy) is 2. The first kappa shape index (κ1) is 59.4. The summed E-state index contributed by atoms with van der Waals surface area (Å²) in [5.74, 6) is -2.67. The minimum atomic E-state index is -1.00. The van der Waals surface area contributed by atoms with E-state index in [1.807, 2.05) is 11.9 Å². The van der Waals surface area contributed by atoms with Crippen LogP contribution in [-0.2, 0) is 23.9 Å². The lowest BCUT2D eigenvalue weighted by Gasteiger charge is -2.23. The van der Waals surface area contributed by atoms with E-state index in [0.29, 0.717) is 39.3 Å². The lowest BCUT2D eigenvalue weighted by molar-refractivity contribution is -0.146. The van der Waals surface area contributed by atoms with Crippen molar-refractivity contribution in [1.29, 1.82) is 0 Å². The molecule has 20 heteroatoms. The van der Waals surface area contributed by atoms with Crippen LogP contribution in [0.25, 0.3) is 0 Å². The molecular weight excluding hydrogens is 768 g/mol. The fourth-order valence-electron chi connectivity index (χ4n) is 3.27. The average Bonchev–Trinajstić information content (AvgIpc) is 3.10. The van der Waals surface area contributed by atoms with Gasteiger partial charge in [0.15, 0.2) is 0 Å². The van der Waals surface area contributed by atoms with Crippen LogP contribution < -0.4 is 10.6 Å². The highest BCUT2D eigenvalue weighted by atomic mass is 79.9. The second-order valence-corrected chi connectivity index (χ2v) is 10.1. The number of halogens is 2. The van der Waals surface area contributed by atoms with E-state index in [-0.39, 0.29) is 84.8 Å². The van der Waals surface area contributed by atoms with Gasteiger partial charge < -0.3 is 35.2 Å². The van der Waals surface area contributed by atoms with Gasteiger partial charge in [-0.05, 0) is 15.9 Å². The molecule has 3 unspecified atom stereocenters. The summed E-state index contributed by atoms with van der Waals surface area (Å²) >= 11 is 3.19. The highest BCUT2D eigenvalue weighted by Crippen LogP contribution is 2.06. The van der Waals surface area contributed by atoms with E-state index < -0.39 is 11.9 Å². The van der Waals surface area contributed by atoms with Crippen molar-refractivity contribution in [3.8, 4) is 0 Å². The number of aromatic carboxylic acids is 1. The molecule has 18 nitrogen and oxygen atoms in total. The number of aliphatic imine (C=N–C) groups is 3. The fraction of sp³-hybridized carbons (Fsp3) is 0.531. The van der Waals surface area contributed by atoms with Gasteiger partial charge in [0.25, 0.3) is 0 Å². The third kappa shape index (κ3) is 27.0. The van der Waals surface area contributed by atoms with E-state index in [1.54, 1.807) is 31.4 Å². The molecule has 0 aliphatic carbocycles. The molecule has 0 radical (unpaired) electrons. The van der Waals surface area contributed by atoms with Crippen molar-refractivity contribution in [1.82, 2.24) is 35.5 Å². The van der Waals surface area contributed by atoms with Gasteiger partial charge in [-0.2, -0.15) is 0 Å². The molecule has 0 saturated carbocycles. The molecule has 0 amide bonds. The summed E-state index contributed by atoms with van der Waals surface area (Å²) in [6.07, 6.45) is 13.5. The van der Waals surface area contributed by atoms with Crippen LogP contribution in [-0.4, -0.2) is 138 Å². The van der Waals surface area contributed by atoms with Crippen LogP contribution in [0.5, 0.6) is 0 Å². The summed E-state index contributed by atoms with van der Waals surface area (Å²) in [6, 6.07) is 0. The van der Waals surface area contributed by atoms with E-state index in [2.05, 4.69) is 71.0 Å². The predicted molar refractivity (Wildman–Crippen MR) is 210 cm³/mol. The molecule has 5 heterocycles. The lowest BCUT2D eigenvalue weighted by atomic mass is 10.1. The van der Waals surface area contributed by atoms with Gasteiger partial charge in [0, 0.05) is 51.5 Å². The van der Waals surface area contributed by atoms with Gasteiger partial charge in [-0.1, -0.05) is 37.1 Å². The second-order valence-electron chi connectivity index (χ2n) is 9.19. The minimum absolute atomic E-state index is 0. The van der Waals surface area contributed by atoms with Crippen molar-refractivity contribution < 1.29 is 38.9 Å². The Morgan fingerprint density at radius 2 is 1.15 bits per heavy atom. The van der Waals surface area contributed by atoms with Crippen LogP contribution in [0.2, 0.25) is 0 Å². The Bertz CT molecular complexity index is 1300. The number of carboxylic acids is 2. The molecule has 3 aliphatic rings. The molecule has 2 aromatic heterocycles. The van der Waals surface area contributed by atoms with Gasteiger partial charge in [0.1, 0.15) is 12.7 Å². The monoisotopic (exact) mass is 824 g/mol. The molecule has 52 heavy (non-hydrogen) atoms. The van der Waals surface area contributed by atoms with E-state index in [4.69, 9.17) is 10.2 Å². The van der Waals surface area contributed by atoms with Gasteiger partial charge in [-0.3, -0.25) is 29.4 Å². The Morgan fingerprint density at radius 1 is 0.731 bits per heavy atom. The molecule has 0 spiro atoms. The highest BCUT2D eigenvalue weighted by Gasteiger charge is 2.22. The standard InChI is InChI=1S/C7H12N2O2.C6H10N2O2.C5H8N2O2.C5H4N2O2.C4H3BrN2.5CH4.ClH/c1-9-4-6(3-8-5-9)7(10)11-2;1-10-6(9)5-2-7-4-8-3-5;2*8-5(9)4-1-6-3-7-2-4;5-4-1-6-3-7-2-4;;;;;;/h5-6H,3-4H2,1-2H3;4-5H,2-3H2,1H3,(H,7,8);3-4H,1-2H2,(H,6,7)(H,8,9);1-3H,(H,8,9);1-3H;5*1H4;1H. The van der Waals surface area contributed by atoms with Gasteiger partial charge >= 0.3 is 23.9 Å². The van der Waals surface area contributed by atoms with Gasteiger partial charge in [0.2, 0.25) is 0 Å². The molecule has 2 aromatic rings. The number of hydrogen-bond acceptors (Lipinski definition) is 16. The molecule has 0 bridgehead atoms. The van der Waals surface area contributed by atoms with Crippen LogP contribution in [0.1, 0.15) is 47.5 Å². The Kier molecular flexibility index (Phi) is 41.1. The van der Waals surface area contributed by atoms with Crippen molar-refractivity contribution in [3.63, 3.8) is 0 Å². The van der Waals surface area contributed by atoms with Gasteiger partial charge in [0.05, 0.1) is 80.7 Å². The Balaban J connectivity index is -0.000000124. The van der Waals surface area contributed by atoms with Crippen LogP contribution in [0, 0.1) is 17.8 Å². The van der Waals surface area contributed by atoms with E-state index in [1.165, 1.54) is 39.3 Å². The SMILES string of the molecule is Brc1cncnc1.C.C.C.C.C.COC(=O)C1CN=CN(C)C1.COC(=O)C1CN=CNC1.Cl.O=C(O)C1CN=CNC1.O=C(O)c1cncnc1. The molecule has 5 rings (SSSR count). The first-order chi connectivity index (χ1) is 22.1. The van der Waals surface area contributed by atoms with E-state index >= 15 is 0 Å². The Hall–Kier alpha value is -4.78. The maximum atomic E-state index is 11.0. The largest absolute Gasteiger partial charge is 0.481 e. The molecule has 0 saturated heterocycles.